The van der Waals surface area contributed by atoms with Gasteiger partial charge in [-0.25, -0.2) is 19.2 Å². The van der Waals surface area contributed by atoms with Crippen LogP contribution in [0.2, 0.25) is 0 Å². The van der Waals surface area contributed by atoms with E-state index in [1.807, 2.05) is 57.2 Å². The molecule has 8 atom stereocenters. The maximum atomic E-state index is 12.8. The molecule has 4 rings (SSSR count). The van der Waals surface area contributed by atoms with Crippen LogP contribution >= 0.6 is 0 Å². The fourth-order valence-corrected chi connectivity index (χ4v) is 7.07. The van der Waals surface area contributed by atoms with E-state index in [0.717, 1.165) is 30.4 Å². The van der Waals surface area contributed by atoms with E-state index in [9.17, 15) is 19.2 Å². The molecule has 0 spiro atoms. The highest BCUT2D eigenvalue weighted by Gasteiger charge is 2.38. The Morgan fingerprint density at radius 2 is 1.06 bits per heavy atom. The highest BCUT2D eigenvalue weighted by atomic mass is 16.6. The lowest BCUT2D eigenvalue weighted by Crippen LogP contribution is -2.47. The topological polar surface area (TPSA) is 166 Å². The molecule has 2 fully saturated rings. The summed E-state index contributed by atoms with van der Waals surface area (Å²) >= 11 is 0. The lowest BCUT2D eigenvalue weighted by Gasteiger charge is -2.31. The average molecular weight is 897 g/mol. The minimum Gasteiger partial charge on any atom is -0.458 e. The maximum Gasteiger partial charge on any atom is 0.408 e. The van der Waals surface area contributed by atoms with Crippen LogP contribution in [0.25, 0.3) is 0 Å². The summed E-state index contributed by atoms with van der Waals surface area (Å²) in [5.74, 6) is -0.660. The standard InChI is InChI=1S/C25H39NO6.C25H37NO6/c2*1-17(2)12-13-30-22-18(3)31-23(27)21(26-24(28)32-25(4,5)6)16-29-15-20(22)14-19-10-8-7-9-11-19/h7-11,17-18,20-22H,12-16H2,1-6H3,(H,26,28);7-11,18,20-22H,1,12-16H2,2-6H3,(H,26,28)/t2*18-,20-,21-,22-/m00/s1. The molecule has 14 heteroatoms. The normalized spacial score (nSPS) is 24.6. The third-order valence-electron chi connectivity index (χ3n) is 10.2. The first kappa shape index (κ1) is 53.8. The van der Waals surface area contributed by atoms with E-state index < -0.39 is 59.6 Å². The van der Waals surface area contributed by atoms with Gasteiger partial charge in [0.15, 0.2) is 12.1 Å². The molecule has 2 aromatic carbocycles. The molecule has 2 aliphatic rings. The van der Waals surface area contributed by atoms with Gasteiger partial charge in [0.05, 0.1) is 45.2 Å². The summed E-state index contributed by atoms with van der Waals surface area (Å²) < 4.78 is 46.2. The number of ether oxygens (including phenoxy) is 8. The fraction of sp³-hybridized carbons (Fsp3) is 0.640. The van der Waals surface area contributed by atoms with E-state index >= 15 is 0 Å². The number of carbonyl (C=O) groups excluding carboxylic acids is 4. The number of alkyl carbamates (subject to hydrolysis) is 2. The van der Waals surface area contributed by atoms with Crippen molar-refractivity contribution in [2.75, 3.05) is 39.6 Å². The van der Waals surface area contributed by atoms with Gasteiger partial charge in [-0.15, -0.1) is 6.58 Å². The number of benzene rings is 2. The molecular formula is C50H76N2O12. The van der Waals surface area contributed by atoms with Gasteiger partial charge < -0.3 is 48.5 Å². The van der Waals surface area contributed by atoms with Gasteiger partial charge in [-0.05, 0) is 105 Å². The van der Waals surface area contributed by atoms with Crippen LogP contribution in [0.5, 0.6) is 0 Å². The van der Waals surface area contributed by atoms with Crippen LogP contribution in [0.15, 0.2) is 72.8 Å². The van der Waals surface area contributed by atoms with Crippen LogP contribution in [-0.2, 0) is 60.3 Å². The number of carbonyl (C=O) groups is 4. The van der Waals surface area contributed by atoms with Gasteiger partial charge in [-0.2, -0.15) is 0 Å². The van der Waals surface area contributed by atoms with E-state index in [-0.39, 0.29) is 37.3 Å². The predicted molar refractivity (Wildman–Crippen MR) is 245 cm³/mol. The van der Waals surface area contributed by atoms with E-state index in [2.05, 4.69) is 55.3 Å². The zero-order valence-corrected chi connectivity index (χ0v) is 40.1. The molecule has 64 heavy (non-hydrogen) atoms. The highest BCUT2D eigenvalue weighted by Crippen LogP contribution is 2.25. The third kappa shape index (κ3) is 21.0. The smallest absolute Gasteiger partial charge is 0.408 e. The lowest BCUT2D eigenvalue weighted by atomic mass is 9.91. The van der Waals surface area contributed by atoms with Gasteiger partial charge in [0.25, 0.3) is 0 Å². The van der Waals surface area contributed by atoms with Crippen molar-refractivity contribution in [3.63, 3.8) is 0 Å². The molecule has 2 heterocycles. The highest BCUT2D eigenvalue weighted by molar-refractivity contribution is 5.82. The first-order chi connectivity index (χ1) is 30.1. The number of nitrogens with one attached hydrogen (secondary N) is 2. The number of amides is 2. The van der Waals surface area contributed by atoms with Crippen molar-refractivity contribution in [3.05, 3.63) is 83.9 Å². The number of hydrogen-bond acceptors (Lipinski definition) is 12. The molecular weight excluding hydrogens is 821 g/mol. The Kier molecular flexibility index (Phi) is 22.3. The summed E-state index contributed by atoms with van der Waals surface area (Å²) in [7, 11) is 0. The molecule has 0 unspecified atom stereocenters. The molecule has 2 N–H and O–H groups in total. The molecule has 0 radical (unpaired) electrons. The Morgan fingerprint density at radius 1 is 0.672 bits per heavy atom. The summed E-state index contributed by atoms with van der Waals surface area (Å²) in [5, 5.41) is 5.14. The molecule has 14 nitrogen and oxygen atoms in total. The zero-order valence-electron chi connectivity index (χ0n) is 40.1. The zero-order chi connectivity index (χ0) is 47.5. The molecule has 2 amide bonds. The van der Waals surface area contributed by atoms with Gasteiger partial charge >= 0.3 is 24.1 Å². The van der Waals surface area contributed by atoms with Gasteiger partial charge in [0.2, 0.25) is 0 Å². The van der Waals surface area contributed by atoms with E-state index in [4.69, 9.17) is 37.9 Å². The van der Waals surface area contributed by atoms with Crippen molar-refractivity contribution < 1.29 is 57.1 Å². The Bertz CT molecular complexity index is 1730. The fourth-order valence-electron chi connectivity index (χ4n) is 7.07. The van der Waals surface area contributed by atoms with Gasteiger partial charge in [-0.1, -0.05) is 80.1 Å². The minimum atomic E-state index is -0.959. The van der Waals surface area contributed by atoms with Crippen molar-refractivity contribution in [2.24, 2.45) is 17.8 Å². The summed E-state index contributed by atoms with van der Waals surface area (Å²) in [4.78, 5) is 50.0. The number of esters is 2. The van der Waals surface area contributed by atoms with Crippen molar-refractivity contribution in [1.82, 2.24) is 10.6 Å². The molecule has 2 aliphatic heterocycles. The predicted octanol–water partition coefficient (Wildman–Crippen LogP) is 8.18. The van der Waals surface area contributed by atoms with Crippen molar-refractivity contribution in [3.8, 4) is 0 Å². The largest absolute Gasteiger partial charge is 0.458 e. The van der Waals surface area contributed by atoms with E-state index in [0.29, 0.717) is 38.8 Å². The van der Waals surface area contributed by atoms with Crippen LogP contribution < -0.4 is 10.6 Å². The van der Waals surface area contributed by atoms with Crippen LogP contribution in [0.1, 0.15) is 100 Å². The molecule has 0 bridgehead atoms. The summed E-state index contributed by atoms with van der Waals surface area (Å²) in [6, 6.07) is 18.3. The van der Waals surface area contributed by atoms with Gasteiger partial charge in [0, 0.05) is 18.4 Å². The second kappa shape index (κ2) is 26.5. The van der Waals surface area contributed by atoms with Crippen LogP contribution in [0.4, 0.5) is 9.59 Å². The lowest BCUT2D eigenvalue weighted by molar-refractivity contribution is -0.161. The van der Waals surface area contributed by atoms with Gasteiger partial charge in [0.1, 0.15) is 23.4 Å². The Balaban J connectivity index is 0.000000340. The molecule has 0 aromatic heterocycles. The Hall–Kier alpha value is -4.50. The molecule has 0 aliphatic carbocycles. The van der Waals surface area contributed by atoms with Crippen molar-refractivity contribution in [1.29, 1.82) is 0 Å². The number of cyclic esters (lactones) is 2. The van der Waals surface area contributed by atoms with Crippen LogP contribution in [-0.4, -0.2) is 111 Å². The van der Waals surface area contributed by atoms with Crippen molar-refractivity contribution in [2.45, 2.75) is 150 Å². The molecule has 2 aromatic rings. The van der Waals surface area contributed by atoms with Crippen molar-refractivity contribution >= 4 is 24.1 Å². The SMILES string of the molecule is C=C(C)CCO[C@@H]1[C@@H](Cc2ccccc2)COC[C@H](NC(=O)OC(C)(C)C)C(=O)O[C@H]1C.CC(C)CCO[C@@H]1[C@@H](Cc2ccccc2)COC[C@H](NC(=O)OC(C)(C)C)C(=O)O[C@H]1C. The monoisotopic (exact) mass is 897 g/mol. The van der Waals surface area contributed by atoms with Crippen LogP contribution in [0.3, 0.4) is 0 Å². The average Bonchev–Trinajstić information content (AvgIpc) is 3.26. The quantitative estimate of drug-likeness (QED) is 0.106. The Morgan fingerprint density at radius 3 is 1.42 bits per heavy atom. The first-order valence-electron chi connectivity index (χ1n) is 22.6. The first-order valence-corrected chi connectivity index (χ1v) is 22.6. The second-order valence-corrected chi connectivity index (χ2v) is 19.2. The second-order valence-electron chi connectivity index (χ2n) is 19.2. The van der Waals surface area contributed by atoms with E-state index in [1.165, 1.54) is 5.56 Å². The van der Waals surface area contributed by atoms with Gasteiger partial charge in [-0.3, -0.25) is 0 Å². The third-order valence-corrected chi connectivity index (χ3v) is 10.2. The number of hydrogen-bond donors (Lipinski definition) is 2. The summed E-state index contributed by atoms with van der Waals surface area (Å²) in [5.41, 5.74) is 1.99. The molecule has 358 valence electrons. The minimum absolute atomic E-state index is 0.00539. The molecule has 0 saturated carbocycles. The van der Waals surface area contributed by atoms with E-state index in [1.54, 1.807) is 41.5 Å². The summed E-state index contributed by atoms with van der Waals surface area (Å²) in [6.07, 6.45) is 0.0169. The summed E-state index contributed by atoms with van der Waals surface area (Å²) in [6.45, 7) is 26.2. The maximum absolute atomic E-state index is 12.8. The molecule has 2 saturated heterocycles. The Labute approximate surface area is 381 Å². The number of rotatable bonds is 14. The van der Waals surface area contributed by atoms with Crippen LogP contribution in [0, 0.1) is 17.8 Å².